The fourth-order valence-electron chi connectivity index (χ4n) is 2.22. The number of rotatable bonds is 4. The summed E-state index contributed by atoms with van der Waals surface area (Å²) in [6, 6.07) is 27.6. The number of hydrogen-bond donors (Lipinski definition) is 1. The summed E-state index contributed by atoms with van der Waals surface area (Å²) in [6.07, 6.45) is 0. The normalized spacial score (nSPS) is 11.9. The van der Waals surface area contributed by atoms with Crippen LogP contribution in [0.2, 0.25) is 0 Å². The highest BCUT2D eigenvalue weighted by atomic mass is 16.5. The summed E-state index contributed by atoms with van der Waals surface area (Å²) in [5.74, 6) is 1.64. The monoisotopic (exact) mass is 275 g/mol. The zero-order valence-electron chi connectivity index (χ0n) is 11.6. The van der Waals surface area contributed by atoms with Gasteiger partial charge in [0.15, 0.2) is 0 Å². The van der Waals surface area contributed by atoms with Crippen LogP contribution >= 0.6 is 0 Å². The van der Waals surface area contributed by atoms with E-state index in [0.29, 0.717) is 0 Å². The molecular weight excluding hydrogens is 258 g/mol. The first kappa shape index (κ1) is 13.4. The van der Waals surface area contributed by atoms with Crippen molar-refractivity contribution in [3.63, 3.8) is 0 Å². The second-order valence-corrected chi connectivity index (χ2v) is 4.87. The maximum absolute atomic E-state index is 6.28. The minimum absolute atomic E-state index is 0.114. The third kappa shape index (κ3) is 3.30. The molecule has 3 aromatic carbocycles. The zero-order valence-corrected chi connectivity index (χ0v) is 11.6. The first-order chi connectivity index (χ1) is 10.3. The lowest BCUT2D eigenvalue weighted by Gasteiger charge is -2.13. The topological polar surface area (TPSA) is 35.2 Å². The van der Waals surface area contributed by atoms with Gasteiger partial charge < -0.3 is 10.5 Å². The molecule has 2 nitrogen and oxygen atoms in total. The van der Waals surface area contributed by atoms with Gasteiger partial charge >= 0.3 is 0 Å². The van der Waals surface area contributed by atoms with Crippen molar-refractivity contribution < 1.29 is 4.74 Å². The van der Waals surface area contributed by atoms with Crippen LogP contribution in [0.3, 0.4) is 0 Å². The lowest BCUT2D eigenvalue weighted by Crippen LogP contribution is -2.11. The summed E-state index contributed by atoms with van der Waals surface area (Å²) in [6.45, 7) is 0. The molecule has 0 fully saturated rings. The van der Waals surface area contributed by atoms with E-state index in [-0.39, 0.29) is 6.04 Å². The molecule has 0 heterocycles. The Balaban J connectivity index is 1.75. The predicted octanol–water partition coefficient (Wildman–Crippen LogP) is 4.53. The smallest absolute Gasteiger partial charge is 0.127 e. The second kappa shape index (κ2) is 6.25. The average molecular weight is 275 g/mol. The average Bonchev–Trinajstić information content (AvgIpc) is 2.57. The first-order valence-electron chi connectivity index (χ1n) is 6.96. The van der Waals surface area contributed by atoms with Gasteiger partial charge in [0.2, 0.25) is 0 Å². The summed E-state index contributed by atoms with van der Waals surface area (Å²) in [4.78, 5) is 0. The van der Waals surface area contributed by atoms with Gasteiger partial charge in [-0.05, 0) is 35.4 Å². The largest absolute Gasteiger partial charge is 0.457 e. The van der Waals surface area contributed by atoms with E-state index in [9.17, 15) is 0 Å². The molecule has 0 saturated carbocycles. The Hall–Kier alpha value is -2.58. The van der Waals surface area contributed by atoms with Crippen molar-refractivity contribution >= 4 is 0 Å². The van der Waals surface area contributed by atoms with E-state index in [4.69, 9.17) is 10.5 Å². The van der Waals surface area contributed by atoms with Crippen LogP contribution in [0.15, 0.2) is 84.9 Å². The Morgan fingerprint density at radius 2 is 1.05 bits per heavy atom. The highest BCUT2D eigenvalue weighted by Gasteiger charge is 2.08. The fraction of sp³-hybridized carbons (Fsp3) is 0.0526. The van der Waals surface area contributed by atoms with Crippen LogP contribution in [0, 0.1) is 0 Å². The minimum Gasteiger partial charge on any atom is -0.457 e. The minimum atomic E-state index is -0.114. The quantitative estimate of drug-likeness (QED) is 0.759. The molecule has 1 atom stereocenters. The molecule has 0 radical (unpaired) electrons. The van der Waals surface area contributed by atoms with Gasteiger partial charge in [0.25, 0.3) is 0 Å². The van der Waals surface area contributed by atoms with Gasteiger partial charge in [0.1, 0.15) is 11.5 Å². The van der Waals surface area contributed by atoms with Crippen molar-refractivity contribution in [2.45, 2.75) is 6.04 Å². The molecule has 0 saturated heterocycles. The van der Waals surface area contributed by atoms with Crippen molar-refractivity contribution in [3.8, 4) is 11.5 Å². The Labute approximate surface area is 124 Å². The Kier molecular flexibility index (Phi) is 3.99. The third-order valence-electron chi connectivity index (χ3n) is 3.38. The molecule has 21 heavy (non-hydrogen) atoms. The number of nitrogens with two attached hydrogens (primary N) is 1. The molecule has 0 aliphatic heterocycles. The van der Waals surface area contributed by atoms with Crippen LogP contribution in [-0.2, 0) is 0 Å². The Bertz CT molecular complexity index is 678. The number of para-hydroxylation sites is 1. The third-order valence-corrected chi connectivity index (χ3v) is 3.38. The molecule has 0 spiro atoms. The molecule has 0 aliphatic rings. The van der Waals surface area contributed by atoms with E-state index < -0.39 is 0 Å². The molecule has 0 bridgehead atoms. The van der Waals surface area contributed by atoms with Crippen molar-refractivity contribution in [3.05, 3.63) is 96.1 Å². The van der Waals surface area contributed by atoms with Crippen LogP contribution in [0.5, 0.6) is 11.5 Å². The van der Waals surface area contributed by atoms with Crippen LogP contribution in [0.25, 0.3) is 0 Å². The van der Waals surface area contributed by atoms with Gasteiger partial charge in [-0.3, -0.25) is 0 Å². The van der Waals surface area contributed by atoms with Gasteiger partial charge in [0.05, 0.1) is 6.04 Å². The van der Waals surface area contributed by atoms with E-state index >= 15 is 0 Å². The van der Waals surface area contributed by atoms with Crippen LogP contribution in [0.4, 0.5) is 0 Å². The van der Waals surface area contributed by atoms with E-state index in [1.165, 1.54) is 0 Å². The highest BCUT2D eigenvalue weighted by Crippen LogP contribution is 2.25. The van der Waals surface area contributed by atoms with Crippen LogP contribution < -0.4 is 10.5 Å². The predicted molar refractivity (Wildman–Crippen MR) is 85.4 cm³/mol. The molecule has 3 rings (SSSR count). The van der Waals surface area contributed by atoms with Gasteiger partial charge in [0, 0.05) is 0 Å². The lowest BCUT2D eigenvalue weighted by molar-refractivity contribution is 0.482. The lowest BCUT2D eigenvalue weighted by atomic mass is 10.00. The van der Waals surface area contributed by atoms with Crippen molar-refractivity contribution in [2.75, 3.05) is 0 Å². The molecule has 0 aromatic heterocycles. The summed E-state index contributed by atoms with van der Waals surface area (Å²) < 4.78 is 5.78. The zero-order chi connectivity index (χ0) is 14.5. The van der Waals surface area contributed by atoms with Crippen LogP contribution in [-0.4, -0.2) is 0 Å². The number of hydrogen-bond acceptors (Lipinski definition) is 2. The van der Waals surface area contributed by atoms with Gasteiger partial charge in [-0.25, -0.2) is 0 Å². The van der Waals surface area contributed by atoms with Gasteiger partial charge in [-0.15, -0.1) is 0 Å². The summed E-state index contributed by atoms with van der Waals surface area (Å²) >= 11 is 0. The molecule has 0 aliphatic carbocycles. The van der Waals surface area contributed by atoms with E-state index in [2.05, 4.69) is 0 Å². The molecule has 1 unspecified atom stereocenters. The number of ether oxygens (including phenoxy) is 1. The van der Waals surface area contributed by atoms with Gasteiger partial charge in [-0.2, -0.15) is 0 Å². The van der Waals surface area contributed by atoms with E-state index in [1.54, 1.807) is 0 Å². The molecular formula is C19H17NO. The Morgan fingerprint density at radius 3 is 1.67 bits per heavy atom. The molecule has 2 heteroatoms. The molecule has 104 valence electrons. The Morgan fingerprint density at radius 1 is 0.571 bits per heavy atom. The summed E-state index contributed by atoms with van der Waals surface area (Å²) in [5, 5.41) is 0. The maximum Gasteiger partial charge on any atom is 0.127 e. The van der Waals surface area contributed by atoms with E-state index in [1.807, 2.05) is 84.9 Å². The fourth-order valence-corrected chi connectivity index (χ4v) is 2.22. The second-order valence-electron chi connectivity index (χ2n) is 4.87. The first-order valence-corrected chi connectivity index (χ1v) is 6.96. The summed E-state index contributed by atoms with van der Waals surface area (Å²) in [7, 11) is 0. The van der Waals surface area contributed by atoms with E-state index in [0.717, 1.165) is 22.6 Å². The summed E-state index contributed by atoms with van der Waals surface area (Å²) in [5.41, 5.74) is 8.45. The molecule has 3 aromatic rings. The van der Waals surface area contributed by atoms with Crippen molar-refractivity contribution in [2.24, 2.45) is 5.73 Å². The van der Waals surface area contributed by atoms with Crippen LogP contribution in [0.1, 0.15) is 17.2 Å². The molecule has 0 amide bonds. The standard InChI is InChI=1S/C19H17NO/c20-19(15-7-3-1-4-8-15)16-11-13-18(14-12-16)21-17-9-5-2-6-10-17/h1-14,19H,20H2. The van der Waals surface area contributed by atoms with Gasteiger partial charge in [-0.1, -0.05) is 60.7 Å². The maximum atomic E-state index is 6.28. The van der Waals surface area contributed by atoms with Crippen molar-refractivity contribution in [1.82, 2.24) is 0 Å². The van der Waals surface area contributed by atoms with Crippen molar-refractivity contribution in [1.29, 1.82) is 0 Å². The molecule has 2 N–H and O–H groups in total. The highest BCUT2D eigenvalue weighted by molar-refractivity contribution is 5.37. The number of benzene rings is 3. The SMILES string of the molecule is NC(c1ccccc1)c1ccc(Oc2ccccc2)cc1.